The molecule has 1 N–H and O–H groups in total. The molecule has 1 aliphatic heterocycles. The number of sulfone groups is 1. The lowest BCUT2D eigenvalue weighted by atomic mass is 10.2. The van der Waals surface area contributed by atoms with E-state index in [1.807, 2.05) is 30.3 Å². The molecule has 5 heteroatoms. The van der Waals surface area contributed by atoms with Crippen molar-refractivity contribution < 1.29 is 13.2 Å². The van der Waals surface area contributed by atoms with Crippen molar-refractivity contribution in [3.63, 3.8) is 0 Å². The van der Waals surface area contributed by atoms with Crippen molar-refractivity contribution in [2.45, 2.75) is 24.5 Å². The maximum absolute atomic E-state index is 12.1. The highest BCUT2D eigenvalue weighted by atomic mass is 32.2. The first-order valence-electron chi connectivity index (χ1n) is 6.78. The molecule has 0 aliphatic carbocycles. The Bertz CT molecular complexity index is 467. The molecule has 1 fully saturated rings. The average molecular weight is 283 g/mol. The van der Waals surface area contributed by atoms with Crippen molar-refractivity contribution in [3.05, 3.63) is 30.3 Å². The number of rotatable bonds is 6. The Morgan fingerprint density at radius 2 is 2.05 bits per heavy atom. The molecule has 1 aromatic rings. The Morgan fingerprint density at radius 1 is 1.26 bits per heavy atom. The van der Waals surface area contributed by atoms with Crippen molar-refractivity contribution in [2.24, 2.45) is 0 Å². The van der Waals surface area contributed by atoms with Crippen LogP contribution in [0.2, 0.25) is 0 Å². The smallest absolute Gasteiger partial charge is 0.154 e. The van der Waals surface area contributed by atoms with E-state index in [0.29, 0.717) is 19.6 Å². The van der Waals surface area contributed by atoms with E-state index in [1.54, 1.807) is 0 Å². The van der Waals surface area contributed by atoms with Crippen molar-refractivity contribution in [2.75, 3.05) is 25.4 Å². The van der Waals surface area contributed by atoms with Gasteiger partial charge in [-0.25, -0.2) is 8.42 Å². The van der Waals surface area contributed by atoms with E-state index in [-0.39, 0.29) is 11.0 Å². The molecular formula is C14H21NO3S. The van der Waals surface area contributed by atoms with Crippen LogP contribution in [0, 0.1) is 0 Å². The Balaban J connectivity index is 1.72. The second kappa shape index (κ2) is 6.91. The highest BCUT2D eigenvalue weighted by Crippen LogP contribution is 2.14. The molecule has 2 rings (SSSR count). The van der Waals surface area contributed by atoms with Gasteiger partial charge in [0.2, 0.25) is 0 Å². The van der Waals surface area contributed by atoms with Crippen molar-refractivity contribution in [1.29, 1.82) is 0 Å². The summed E-state index contributed by atoms with van der Waals surface area (Å²) in [4.78, 5) is 0. The van der Waals surface area contributed by atoms with Crippen LogP contribution in [0.15, 0.2) is 30.3 Å². The van der Waals surface area contributed by atoms with Crippen molar-refractivity contribution in [3.8, 4) is 5.75 Å². The highest BCUT2D eigenvalue weighted by Gasteiger charge is 2.26. The molecule has 0 saturated carbocycles. The van der Waals surface area contributed by atoms with Gasteiger partial charge in [0, 0.05) is 6.54 Å². The zero-order valence-corrected chi connectivity index (χ0v) is 11.9. The van der Waals surface area contributed by atoms with Gasteiger partial charge in [-0.3, -0.25) is 0 Å². The summed E-state index contributed by atoms with van der Waals surface area (Å²) in [7, 11) is -2.98. The van der Waals surface area contributed by atoms with Gasteiger partial charge >= 0.3 is 0 Å². The zero-order chi connectivity index (χ0) is 13.6. The second-order valence-corrected chi connectivity index (χ2v) is 7.25. The lowest BCUT2D eigenvalue weighted by Crippen LogP contribution is -2.39. The summed E-state index contributed by atoms with van der Waals surface area (Å²) in [5, 5.41) is 2.94. The summed E-state index contributed by atoms with van der Waals surface area (Å²) in [6.07, 6.45) is 2.28. The molecule has 1 unspecified atom stereocenters. The monoisotopic (exact) mass is 283 g/mol. The van der Waals surface area contributed by atoms with Gasteiger partial charge in [-0.05, 0) is 37.9 Å². The Hall–Kier alpha value is -1.07. The fraction of sp³-hybridized carbons (Fsp3) is 0.571. The highest BCUT2D eigenvalue weighted by molar-refractivity contribution is 7.92. The summed E-state index contributed by atoms with van der Waals surface area (Å²) < 4.78 is 29.7. The fourth-order valence-corrected chi connectivity index (χ4v) is 4.01. The van der Waals surface area contributed by atoms with Crippen molar-refractivity contribution >= 4 is 9.84 Å². The van der Waals surface area contributed by atoms with Gasteiger partial charge in [0.15, 0.2) is 9.84 Å². The Morgan fingerprint density at radius 3 is 2.74 bits per heavy atom. The molecule has 0 spiro atoms. The van der Waals surface area contributed by atoms with Gasteiger partial charge in [0.1, 0.15) is 5.75 Å². The van der Waals surface area contributed by atoms with Crippen LogP contribution in [0.3, 0.4) is 0 Å². The summed E-state index contributed by atoms with van der Waals surface area (Å²) in [6.45, 7) is 1.98. The third-order valence-corrected chi connectivity index (χ3v) is 5.62. The second-order valence-electron chi connectivity index (χ2n) is 4.85. The lowest BCUT2D eigenvalue weighted by molar-refractivity contribution is 0.317. The minimum absolute atomic E-state index is 0.210. The van der Waals surface area contributed by atoms with Crippen LogP contribution >= 0.6 is 0 Å². The number of ether oxygens (including phenoxy) is 1. The van der Waals surface area contributed by atoms with Crippen LogP contribution in [0.4, 0.5) is 0 Å². The number of nitrogens with one attached hydrogen (secondary N) is 1. The van der Waals surface area contributed by atoms with E-state index in [0.717, 1.165) is 25.1 Å². The van der Waals surface area contributed by atoms with Gasteiger partial charge in [-0.15, -0.1) is 0 Å². The van der Waals surface area contributed by atoms with Crippen LogP contribution in [0.1, 0.15) is 19.3 Å². The molecule has 0 aromatic heterocycles. The van der Waals surface area contributed by atoms with E-state index in [2.05, 4.69) is 5.32 Å². The lowest BCUT2D eigenvalue weighted by Gasteiger charge is -2.22. The van der Waals surface area contributed by atoms with Gasteiger partial charge in [0.25, 0.3) is 0 Å². The largest absolute Gasteiger partial charge is 0.494 e. The van der Waals surface area contributed by atoms with Crippen LogP contribution in [-0.4, -0.2) is 39.1 Å². The maximum Gasteiger partial charge on any atom is 0.154 e. The molecule has 1 aliphatic rings. The first-order chi connectivity index (χ1) is 9.18. The third kappa shape index (κ3) is 4.51. The summed E-state index contributed by atoms with van der Waals surface area (Å²) >= 11 is 0. The summed E-state index contributed by atoms with van der Waals surface area (Å²) in [5.74, 6) is 1.01. The van der Waals surface area contributed by atoms with Gasteiger partial charge < -0.3 is 10.1 Å². The Kier molecular flexibility index (Phi) is 5.22. The van der Waals surface area contributed by atoms with Gasteiger partial charge in [-0.2, -0.15) is 0 Å². The molecule has 106 valence electrons. The molecule has 1 saturated heterocycles. The van der Waals surface area contributed by atoms with E-state index < -0.39 is 9.84 Å². The van der Waals surface area contributed by atoms with E-state index >= 15 is 0 Å². The average Bonchev–Trinajstić information content (AvgIpc) is 2.46. The van der Waals surface area contributed by atoms with Crippen molar-refractivity contribution in [1.82, 2.24) is 5.32 Å². The molecule has 1 heterocycles. The van der Waals surface area contributed by atoms with Gasteiger partial charge in [-0.1, -0.05) is 18.2 Å². The molecule has 1 aromatic carbocycles. The third-order valence-electron chi connectivity index (χ3n) is 3.34. The summed E-state index contributed by atoms with van der Waals surface area (Å²) in [6, 6.07) is 9.48. The van der Waals surface area contributed by atoms with Crippen LogP contribution in [0.5, 0.6) is 5.75 Å². The first kappa shape index (κ1) is 14.3. The Labute approximate surface area is 115 Å². The normalized spacial score (nSPS) is 20.1. The number of piperidine rings is 1. The molecular weight excluding hydrogens is 262 g/mol. The maximum atomic E-state index is 12.1. The summed E-state index contributed by atoms with van der Waals surface area (Å²) in [5.41, 5.74) is 0. The molecule has 0 radical (unpaired) electrons. The molecule has 1 atom stereocenters. The predicted octanol–water partition coefficient (Wildman–Crippen LogP) is 1.62. The van der Waals surface area contributed by atoms with Gasteiger partial charge in [0.05, 0.1) is 17.6 Å². The van der Waals surface area contributed by atoms with E-state index in [4.69, 9.17) is 4.74 Å². The minimum Gasteiger partial charge on any atom is -0.494 e. The van der Waals surface area contributed by atoms with E-state index in [9.17, 15) is 8.42 Å². The quantitative estimate of drug-likeness (QED) is 0.806. The number of hydrogen-bond acceptors (Lipinski definition) is 4. The SMILES string of the molecule is O=S(=O)(CCCOc1ccccc1)C1CCCNC1. The number of para-hydroxylation sites is 1. The standard InChI is InChI=1S/C14H21NO3S/c16-19(17,14-8-4-9-15-12-14)11-5-10-18-13-6-2-1-3-7-13/h1-3,6-7,14-15H,4-5,8-12H2. The number of hydrogen-bond donors (Lipinski definition) is 1. The van der Waals surface area contributed by atoms with Crippen LogP contribution in [-0.2, 0) is 9.84 Å². The molecule has 4 nitrogen and oxygen atoms in total. The zero-order valence-electron chi connectivity index (χ0n) is 11.0. The number of benzene rings is 1. The fourth-order valence-electron chi connectivity index (χ4n) is 2.26. The minimum atomic E-state index is -2.98. The molecule has 19 heavy (non-hydrogen) atoms. The topological polar surface area (TPSA) is 55.4 Å². The van der Waals surface area contributed by atoms with Crippen LogP contribution < -0.4 is 10.1 Å². The molecule has 0 amide bonds. The predicted molar refractivity (Wildman–Crippen MR) is 76.2 cm³/mol. The first-order valence-corrected chi connectivity index (χ1v) is 8.50. The van der Waals surface area contributed by atoms with E-state index in [1.165, 1.54) is 0 Å². The van der Waals surface area contributed by atoms with Crippen LogP contribution in [0.25, 0.3) is 0 Å². The molecule has 0 bridgehead atoms.